The second kappa shape index (κ2) is 8.98. The van der Waals surface area contributed by atoms with E-state index < -0.39 is 0 Å². The van der Waals surface area contributed by atoms with Gasteiger partial charge in [0.05, 0.1) is 6.61 Å². The number of ether oxygens (including phenoxy) is 2. The summed E-state index contributed by atoms with van der Waals surface area (Å²) in [6.07, 6.45) is 0.790. The Balaban J connectivity index is 2.24. The molecule has 0 bridgehead atoms. The molecule has 2 N–H and O–H groups in total. The van der Waals surface area contributed by atoms with Gasteiger partial charge in [0.15, 0.2) is 0 Å². The molecule has 0 heterocycles. The Bertz CT molecular complexity index is 287. The van der Waals surface area contributed by atoms with Crippen molar-refractivity contribution in [3.8, 4) is 5.75 Å². The summed E-state index contributed by atoms with van der Waals surface area (Å²) in [4.78, 5) is 0. The van der Waals surface area contributed by atoms with Crippen molar-refractivity contribution < 1.29 is 14.6 Å². The molecule has 0 aliphatic carbocycles. The maximum atomic E-state index is 8.64. The van der Waals surface area contributed by atoms with E-state index in [1.165, 1.54) is 5.56 Å². The van der Waals surface area contributed by atoms with Crippen LogP contribution in [0.5, 0.6) is 5.75 Å². The first-order valence-electron chi connectivity index (χ1n) is 5.89. The molecule has 0 atom stereocenters. The Morgan fingerprint density at radius 3 is 2.59 bits per heavy atom. The van der Waals surface area contributed by atoms with Gasteiger partial charge < -0.3 is 19.9 Å². The number of rotatable bonds is 9. The number of methoxy groups -OCH3 is 1. The summed E-state index contributed by atoms with van der Waals surface area (Å²) in [7, 11) is 1.66. The molecule has 0 radical (unpaired) electrons. The fraction of sp³-hybridized carbons (Fsp3) is 0.538. The quantitative estimate of drug-likeness (QED) is 0.635. The Morgan fingerprint density at radius 1 is 1.18 bits per heavy atom. The number of hydrogen-bond donors (Lipinski definition) is 2. The highest BCUT2D eigenvalue weighted by atomic mass is 16.5. The first kappa shape index (κ1) is 14.0. The molecule has 1 rings (SSSR count). The first-order valence-corrected chi connectivity index (χ1v) is 5.89. The van der Waals surface area contributed by atoms with E-state index in [-0.39, 0.29) is 6.61 Å². The van der Waals surface area contributed by atoms with Crippen molar-refractivity contribution in [2.45, 2.75) is 13.0 Å². The predicted molar refractivity (Wildman–Crippen MR) is 67.2 cm³/mol. The molecule has 1 aromatic carbocycles. The molecule has 0 aliphatic rings. The fourth-order valence-electron chi connectivity index (χ4n) is 1.38. The Morgan fingerprint density at radius 2 is 1.94 bits per heavy atom. The van der Waals surface area contributed by atoms with E-state index in [1.807, 2.05) is 24.3 Å². The average molecular weight is 239 g/mol. The van der Waals surface area contributed by atoms with Gasteiger partial charge in [-0.25, -0.2) is 0 Å². The third kappa shape index (κ3) is 6.26. The van der Waals surface area contributed by atoms with Gasteiger partial charge in [-0.15, -0.1) is 0 Å². The molecular weight excluding hydrogens is 218 g/mol. The molecule has 4 nitrogen and oxygen atoms in total. The van der Waals surface area contributed by atoms with E-state index >= 15 is 0 Å². The van der Waals surface area contributed by atoms with E-state index in [2.05, 4.69) is 5.32 Å². The van der Waals surface area contributed by atoms with Crippen LogP contribution >= 0.6 is 0 Å². The van der Waals surface area contributed by atoms with E-state index in [4.69, 9.17) is 14.6 Å². The third-order valence-electron chi connectivity index (χ3n) is 2.32. The van der Waals surface area contributed by atoms with E-state index in [1.54, 1.807) is 7.11 Å². The van der Waals surface area contributed by atoms with Gasteiger partial charge in [0.2, 0.25) is 0 Å². The summed E-state index contributed by atoms with van der Waals surface area (Å²) in [6.45, 7) is 3.06. The van der Waals surface area contributed by atoms with Crippen molar-refractivity contribution in [3.63, 3.8) is 0 Å². The van der Waals surface area contributed by atoms with Crippen LogP contribution in [0.2, 0.25) is 0 Å². The van der Waals surface area contributed by atoms with Crippen LogP contribution in [0, 0.1) is 0 Å². The molecule has 0 saturated carbocycles. The van der Waals surface area contributed by atoms with Crippen molar-refractivity contribution in [1.29, 1.82) is 0 Å². The van der Waals surface area contributed by atoms with Crippen LogP contribution in [-0.2, 0) is 11.3 Å². The summed E-state index contributed by atoms with van der Waals surface area (Å²) >= 11 is 0. The minimum Gasteiger partial charge on any atom is -0.491 e. The fourth-order valence-corrected chi connectivity index (χ4v) is 1.38. The lowest BCUT2D eigenvalue weighted by molar-refractivity contribution is 0.146. The standard InChI is InChI=1S/C13H21NO3/c1-16-9-10-17-13-5-3-12(4-6-13)11-14-7-2-8-15/h3-6,14-15H,2,7-11H2,1H3. The van der Waals surface area contributed by atoms with Crippen LogP contribution in [0.4, 0.5) is 0 Å². The molecule has 4 heteroatoms. The summed E-state index contributed by atoms with van der Waals surface area (Å²) in [5, 5.41) is 11.9. The molecule has 0 unspecified atom stereocenters. The number of benzene rings is 1. The minimum absolute atomic E-state index is 0.235. The van der Waals surface area contributed by atoms with Gasteiger partial charge in [-0.05, 0) is 30.7 Å². The van der Waals surface area contributed by atoms with E-state index in [0.29, 0.717) is 13.2 Å². The van der Waals surface area contributed by atoms with Crippen molar-refractivity contribution in [2.24, 2.45) is 0 Å². The van der Waals surface area contributed by atoms with Gasteiger partial charge in [0.25, 0.3) is 0 Å². The third-order valence-corrected chi connectivity index (χ3v) is 2.32. The van der Waals surface area contributed by atoms with Crippen LogP contribution < -0.4 is 10.1 Å². The summed E-state index contributed by atoms with van der Waals surface area (Å²) < 4.78 is 10.4. The van der Waals surface area contributed by atoms with Crippen LogP contribution in [0.15, 0.2) is 24.3 Å². The second-order valence-electron chi connectivity index (χ2n) is 3.74. The van der Waals surface area contributed by atoms with Gasteiger partial charge >= 0.3 is 0 Å². The SMILES string of the molecule is COCCOc1ccc(CNCCCO)cc1. The molecule has 1 aromatic rings. The van der Waals surface area contributed by atoms with Crippen LogP contribution in [0.1, 0.15) is 12.0 Å². The Kier molecular flexibility index (Phi) is 7.38. The molecule has 0 saturated heterocycles. The zero-order chi connectivity index (χ0) is 12.3. The lowest BCUT2D eigenvalue weighted by atomic mass is 10.2. The van der Waals surface area contributed by atoms with Crippen LogP contribution in [-0.4, -0.2) is 38.6 Å². The summed E-state index contributed by atoms with van der Waals surface area (Å²) in [6, 6.07) is 7.99. The molecule has 96 valence electrons. The Labute approximate surface area is 103 Å². The summed E-state index contributed by atoms with van der Waals surface area (Å²) in [5.41, 5.74) is 1.21. The number of aliphatic hydroxyl groups excluding tert-OH is 1. The highest BCUT2D eigenvalue weighted by Crippen LogP contribution is 2.11. The van der Waals surface area contributed by atoms with Gasteiger partial charge in [-0.1, -0.05) is 12.1 Å². The monoisotopic (exact) mass is 239 g/mol. The maximum absolute atomic E-state index is 8.64. The van der Waals surface area contributed by atoms with Crippen LogP contribution in [0.25, 0.3) is 0 Å². The van der Waals surface area contributed by atoms with E-state index in [0.717, 1.165) is 25.3 Å². The molecule has 0 aliphatic heterocycles. The largest absolute Gasteiger partial charge is 0.491 e. The predicted octanol–water partition coefficient (Wildman–Crippen LogP) is 1.18. The smallest absolute Gasteiger partial charge is 0.119 e. The van der Waals surface area contributed by atoms with Gasteiger partial charge in [0.1, 0.15) is 12.4 Å². The molecule has 0 aromatic heterocycles. The molecular formula is C13H21NO3. The van der Waals surface area contributed by atoms with Crippen molar-refractivity contribution in [3.05, 3.63) is 29.8 Å². The normalized spacial score (nSPS) is 10.5. The lowest BCUT2D eigenvalue weighted by Gasteiger charge is -2.07. The zero-order valence-corrected chi connectivity index (χ0v) is 10.3. The van der Waals surface area contributed by atoms with Crippen molar-refractivity contribution in [1.82, 2.24) is 5.32 Å². The second-order valence-corrected chi connectivity index (χ2v) is 3.74. The highest BCUT2D eigenvalue weighted by Gasteiger charge is 1.95. The van der Waals surface area contributed by atoms with Crippen LogP contribution in [0.3, 0.4) is 0 Å². The molecule has 0 amide bonds. The maximum Gasteiger partial charge on any atom is 0.119 e. The van der Waals surface area contributed by atoms with Gasteiger partial charge in [-0.2, -0.15) is 0 Å². The molecule has 0 fully saturated rings. The number of aliphatic hydroxyl groups is 1. The van der Waals surface area contributed by atoms with Crippen molar-refractivity contribution in [2.75, 3.05) is 33.5 Å². The van der Waals surface area contributed by atoms with Crippen molar-refractivity contribution >= 4 is 0 Å². The Hall–Kier alpha value is -1.10. The topological polar surface area (TPSA) is 50.7 Å². The van der Waals surface area contributed by atoms with E-state index in [9.17, 15) is 0 Å². The zero-order valence-electron chi connectivity index (χ0n) is 10.3. The van der Waals surface area contributed by atoms with Gasteiger partial charge in [0, 0.05) is 20.3 Å². The number of hydrogen-bond acceptors (Lipinski definition) is 4. The van der Waals surface area contributed by atoms with Gasteiger partial charge in [-0.3, -0.25) is 0 Å². The highest BCUT2D eigenvalue weighted by molar-refractivity contribution is 5.27. The molecule has 17 heavy (non-hydrogen) atoms. The summed E-state index contributed by atoms with van der Waals surface area (Å²) in [5.74, 6) is 0.862. The minimum atomic E-state index is 0.235. The lowest BCUT2D eigenvalue weighted by Crippen LogP contribution is -2.15. The number of nitrogens with one attached hydrogen (secondary N) is 1. The average Bonchev–Trinajstić information content (AvgIpc) is 2.37. The first-order chi connectivity index (χ1) is 8.36. The molecule has 0 spiro atoms.